The Morgan fingerprint density at radius 3 is 1.17 bits per heavy atom. The van der Waals surface area contributed by atoms with Gasteiger partial charge in [0.25, 0.3) is 0 Å². The summed E-state index contributed by atoms with van der Waals surface area (Å²) >= 11 is 2.21. The van der Waals surface area contributed by atoms with E-state index in [9.17, 15) is 0 Å². The standard InChI is InChI=1S/C6H14.C4H9.He.Li/c1-3-5-6-4-2;1-3-4-2;;/h3-6H2,1-2H3;1,3-4H2,2H3;;. The van der Waals surface area contributed by atoms with Gasteiger partial charge in [0.1, 0.15) is 0 Å². The predicted octanol–water partition coefficient (Wildman–Crippen LogP) is 3.96. The van der Waals surface area contributed by atoms with Crippen LogP contribution in [0.2, 0.25) is 5.09 Å². The van der Waals surface area contributed by atoms with Crippen LogP contribution >= 0.6 is 0 Å². The third-order valence-corrected chi connectivity index (χ3v) is 1.66. The molecule has 0 aliphatic heterocycles. The van der Waals surface area contributed by atoms with Gasteiger partial charge in [-0.3, -0.25) is 0 Å². The zero-order valence-electron chi connectivity index (χ0n) is 9.66. The number of rotatable bonds is 5. The van der Waals surface area contributed by atoms with Crippen molar-refractivity contribution in [2.45, 2.75) is 64.4 Å². The topological polar surface area (TPSA) is 0 Å². The van der Waals surface area contributed by atoms with Crippen LogP contribution in [0.25, 0.3) is 0 Å². The fourth-order valence-electron chi connectivity index (χ4n) is 0.854. The number of hydrogen-bond donors (Lipinski definition) is 0. The van der Waals surface area contributed by atoms with E-state index < -0.39 is 0 Å². The van der Waals surface area contributed by atoms with E-state index in [1.165, 1.54) is 43.6 Å². The average Bonchev–Trinajstić information content (AvgIpc) is 2.04. The van der Waals surface area contributed by atoms with Crippen molar-refractivity contribution in [1.29, 1.82) is 0 Å². The third-order valence-electron chi connectivity index (χ3n) is 1.66. The molecule has 0 amide bonds. The fourth-order valence-corrected chi connectivity index (χ4v) is 0.854. The van der Waals surface area contributed by atoms with Crippen LogP contribution in [0, 0.1) is 6.15 Å². The second-order valence-electron chi connectivity index (χ2n) is 3.06. The molecule has 0 aromatic carbocycles. The molecule has 0 aromatic rings. The van der Waals surface area contributed by atoms with Gasteiger partial charge in [0, 0.05) is 6.15 Å². The van der Waals surface area contributed by atoms with E-state index in [2.05, 4.69) is 38.5 Å². The average molecular weight is 154 g/mol. The quantitative estimate of drug-likeness (QED) is 0.415. The summed E-state index contributed by atoms with van der Waals surface area (Å²) in [4.78, 5) is 0. The number of hydrogen-bond acceptors (Lipinski definition) is 0. The third kappa shape index (κ3) is 31.3. The number of unbranched alkanes of at least 4 members (excludes halogenated alkanes) is 4. The van der Waals surface area contributed by atoms with Crippen LogP contribution in [0.15, 0.2) is 0 Å². The molecule has 0 spiro atoms. The van der Waals surface area contributed by atoms with Gasteiger partial charge in [-0.25, -0.2) is 0 Å². The first-order valence-corrected chi connectivity index (χ1v) is 5.33. The zero-order chi connectivity index (χ0) is 8.95. The van der Waals surface area contributed by atoms with E-state index in [-0.39, 0.29) is 6.15 Å². The molecule has 0 saturated carbocycles. The summed E-state index contributed by atoms with van der Waals surface area (Å²) in [5.74, 6) is 0. The van der Waals surface area contributed by atoms with Crippen LogP contribution in [0.3, 0.4) is 0 Å². The molecule has 0 bridgehead atoms. The Balaban J connectivity index is -0.000000126. The summed E-state index contributed by atoms with van der Waals surface area (Å²) < 4.78 is 0. The molecule has 0 rings (SSSR count). The SMILES string of the molecule is CCCCCC.[He].[Li][CH2]CCC. The molecule has 0 aliphatic carbocycles. The van der Waals surface area contributed by atoms with Crippen LogP contribution in [0.4, 0.5) is 0 Å². The molecular weight excluding hydrogens is 131 g/mol. The molecular formula is C10H23HeLi. The normalized spacial score (nSPS) is 8.08. The van der Waals surface area contributed by atoms with Crippen LogP contribution < -0.4 is 0 Å². The minimum absolute atomic E-state index is 0. The Morgan fingerprint density at radius 2 is 1.08 bits per heavy atom. The van der Waals surface area contributed by atoms with Gasteiger partial charge in [0.05, 0.1) is 0 Å². The monoisotopic (exact) mass is 154 g/mol. The molecule has 0 heterocycles. The van der Waals surface area contributed by atoms with Crippen LogP contribution in [0.1, 0.15) is 59.3 Å². The van der Waals surface area contributed by atoms with Crippen molar-refractivity contribution in [3.8, 4) is 0 Å². The molecule has 0 saturated heterocycles. The van der Waals surface area contributed by atoms with Gasteiger partial charge >= 0.3 is 42.6 Å². The van der Waals surface area contributed by atoms with Crippen molar-refractivity contribution >= 4 is 17.7 Å². The Morgan fingerprint density at radius 1 is 0.750 bits per heavy atom. The van der Waals surface area contributed by atoms with Crippen molar-refractivity contribution in [1.82, 2.24) is 0 Å². The molecule has 0 nitrogen and oxygen atoms in total. The van der Waals surface area contributed by atoms with Gasteiger partial charge in [0.2, 0.25) is 0 Å². The molecule has 0 aliphatic rings. The predicted molar refractivity (Wildman–Crippen MR) is 55.3 cm³/mol. The maximum absolute atomic E-state index is 2.23. The van der Waals surface area contributed by atoms with E-state index in [1.807, 2.05) is 0 Å². The van der Waals surface area contributed by atoms with E-state index in [1.54, 1.807) is 0 Å². The zero-order valence-corrected chi connectivity index (χ0v) is 9.66. The maximum atomic E-state index is 2.23. The summed E-state index contributed by atoms with van der Waals surface area (Å²) in [7, 11) is 0. The Bertz CT molecular complexity index is 43.1. The van der Waals surface area contributed by atoms with Gasteiger partial charge in [-0.05, 0) is 0 Å². The van der Waals surface area contributed by atoms with Crippen molar-refractivity contribution in [2.75, 3.05) is 0 Å². The Hall–Kier alpha value is 0.506. The van der Waals surface area contributed by atoms with Crippen LogP contribution in [0.5, 0.6) is 0 Å². The first kappa shape index (κ1) is 18.3. The van der Waals surface area contributed by atoms with Gasteiger partial charge in [-0.2, -0.15) is 0 Å². The van der Waals surface area contributed by atoms with Crippen LogP contribution in [-0.2, 0) is 0 Å². The molecule has 0 fully saturated rings. The molecule has 0 radical (unpaired) electrons. The first-order chi connectivity index (χ1) is 5.33. The molecule has 66 valence electrons. The Kier molecular flexibility index (Phi) is 34.4. The van der Waals surface area contributed by atoms with Crippen molar-refractivity contribution in [3.05, 3.63) is 0 Å². The van der Waals surface area contributed by atoms with Gasteiger partial charge in [-0.1, -0.05) is 39.5 Å². The van der Waals surface area contributed by atoms with E-state index >= 15 is 0 Å². The van der Waals surface area contributed by atoms with Crippen molar-refractivity contribution < 1.29 is 6.15 Å². The molecule has 0 atom stereocenters. The van der Waals surface area contributed by atoms with E-state index in [4.69, 9.17) is 0 Å². The summed E-state index contributed by atoms with van der Waals surface area (Å²) in [5, 5.41) is 1.34. The fraction of sp³-hybridized carbons (Fsp3) is 1.00. The van der Waals surface area contributed by atoms with E-state index in [0.29, 0.717) is 0 Å². The first-order valence-electron chi connectivity index (χ1n) is 5.33. The summed E-state index contributed by atoms with van der Waals surface area (Å²) in [6.45, 7) is 6.68. The van der Waals surface area contributed by atoms with Crippen LogP contribution in [-0.4, -0.2) is 17.7 Å². The van der Waals surface area contributed by atoms with Crippen molar-refractivity contribution in [3.63, 3.8) is 0 Å². The molecule has 0 unspecified atom stereocenters. The molecule has 0 N–H and O–H groups in total. The minimum atomic E-state index is 0. The second-order valence-corrected chi connectivity index (χ2v) is 3.06. The van der Waals surface area contributed by atoms with Gasteiger partial charge < -0.3 is 0 Å². The van der Waals surface area contributed by atoms with Gasteiger partial charge in [0.15, 0.2) is 0 Å². The Labute approximate surface area is 88.5 Å². The second kappa shape index (κ2) is 22.5. The van der Waals surface area contributed by atoms with E-state index in [0.717, 1.165) is 0 Å². The van der Waals surface area contributed by atoms with Crippen molar-refractivity contribution in [2.24, 2.45) is 0 Å². The molecule has 12 heavy (non-hydrogen) atoms. The summed E-state index contributed by atoms with van der Waals surface area (Å²) in [5.41, 5.74) is 0. The molecule has 2 heteroatoms. The summed E-state index contributed by atoms with van der Waals surface area (Å²) in [6, 6.07) is 0. The van der Waals surface area contributed by atoms with Gasteiger partial charge in [-0.15, -0.1) is 0 Å². The summed E-state index contributed by atoms with van der Waals surface area (Å²) in [6.07, 6.45) is 8.27. The molecule has 0 aromatic heterocycles.